The largest absolute Gasteiger partial charge is 0.376 e. The van der Waals surface area contributed by atoms with Crippen molar-refractivity contribution >= 4 is 6.03 Å². The third-order valence-electron chi connectivity index (χ3n) is 4.42. The maximum absolute atomic E-state index is 12.2. The van der Waals surface area contributed by atoms with Crippen molar-refractivity contribution in [1.29, 1.82) is 0 Å². The number of aromatic nitrogens is 1. The summed E-state index contributed by atoms with van der Waals surface area (Å²) in [4.78, 5) is 18.2. The first-order chi connectivity index (χ1) is 11.3. The second kappa shape index (κ2) is 8.26. The molecule has 2 aliphatic heterocycles. The van der Waals surface area contributed by atoms with E-state index >= 15 is 0 Å². The Morgan fingerprint density at radius 1 is 1.35 bits per heavy atom. The van der Waals surface area contributed by atoms with Crippen LogP contribution in [-0.4, -0.2) is 54.4 Å². The summed E-state index contributed by atoms with van der Waals surface area (Å²) in [7, 11) is 0. The molecule has 0 radical (unpaired) electrons. The summed E-state index contributed by atoms with van der Waals surface area (Å²) < 4.78 is 11.5. The number of carbonyl (C=O) groups excluding carboxylic acids is 1. The first kappa shape index (κ1) is 16.2. The summed E-state index contributed by atoms with van der Waals surface area (Å²) in [6.45, 7) is 3.50. The van der Waals surface area contributed by atoms with Crippen molar-refractivity contribution in [3.63, 3.8) is 0 Å². The lowest BCUT2D eigenvalue weighted by atomic mass is 10.1. The van der Waals surface area contributed by atoms with Gasteiger partial charge in [-0.3, -0.25) is 4.98 Å². The molecule has 0 saturated carbocycles. The zero-order valence-corrected chi connectivity index (χ0v) is 13.4. The summed E-state index contributed by atoms with van der Waals surface area (Å²) >= 11 is 0. The summed E-state index contributed by atoms with van der Waals surface area (Å²) in [6, 6.07) is 5.68. The van der Waals surface area contributed by atoms with E-state index in [-0.39, 0.29) is 18.2 Å². The molecule has 1 atom stereocenters. The topological polar surface area (TPSA) is 63.7 Å². The van der Waals surface area contributed by atoms with E-state index < -0.39 is 0 Å². The van der Waals surface area contributed by atoms with E-state index in [1.54, 1.807) is 6.20 Å². The van der Waals surface area contributed by atoms with Crippen LogP contribution in [0.5, 0.6) is 0 Å². The number of nitrogens with zero attached hydrogens (tertiary/aromatic N) is 2. The molecule has 1 aromatic heterocycles. The van der Waals surface area contributed by atoms with Gasteiger partial charge in [-0.1, -0.05) is 6.07 Å². The molecular formula is C17H25N3O3. The molecule has 6 nitrogen and oxygen atoms in total. The van der Waals surface area contributed by atoms with Crippen LogP contribution in [0, 0.1) is 0 Å². The molecule has 23 heavy (non-hydrogen) atoms. The number of rotatable bonds is 5. The lowest BCUT2D eigenvalue weighted by Gasteiger charge is -2.32. The Morgan fingerprint density at radius 3 is 2.91 bits per heavy atom. The van der Waals surface area contributed by atoms with Gasteiger partial charge in [-0.2, -0.15) is 0 Å². The van der Waals surface area contributed by atoms with Gasteiger partial charge in [0.25, 0.3) is 0 Å². The highest BCUT2D eigenvalue weighted by Crippen LogP contribution is 2.17. The molecule has 1 unspecified atom stereocenters. The molecule has 2 amide bonds. The van der Waals surface area contributed by atoms with Crippen LogP contribution in [0.2, 0.25) is 0 Å². The highest BCUT2D eigenvalue weighted by Gasteiger charge is 2.24. The smallest absolute Gasteiger partial charge is 0.317 e. The van der Waals surface area contributed by atoms with Crippen molar-refractivity contribution in [3.8, 4) is 0 Å². The number of carbonyl (C=O) groups is 1. The van der Waals surface area contributed by atoms with E-state index in [1.165, 1.54) is 0 Å². The van der Waals surface area contributed by atoms with Gasteiger partial charge in [0, 0.05) is 25.9 Å². The number of hydrogen-bond donors (Lipinski definition) is 1. The first-order valence-corrected chi connectivity index (χ1v) is 8.47. The predicted molar refractivity (Wildman–Crippen MR) is 86.0 cm³/mol. The molecule has 0 aromatic carbocycles. The fraction of sp³-hybridized carbons (Fsp3) is 0.647. The molecule has 6 heteroatoms. The second-order valence-electron chi connectivity index (χ2n) is 6.13. The first-order valence-electron chi connectivity index (χ1n) is 8.47. The number of amides is 2. The fourth-order valence-corrected chi connectivity index (χ4v) is 3.03. The summed E-state index contributed by atoms with van der Waals surface area (Å²) in [6.07, 6.45) is 6.29. The number of piperidine rings is 1. The van der Waals surface area contributed by atoms with Crippen molar-refractivity contribution in [1.82, 2.24) is 15.2 Å². The van der Waals surface area contributed by atoms with Gasteiger partial charge in [-0.15, -0.1) is 0 Å². The van der Waals surface area contributed by atoms with E-state index in [4.69, 9.17) is 9.47 Å². The number of hydrogen-bond acceptors (Lipinski definition) is 4. The fourth-order valence-electron chi connectivity index (χ4n) is 3.03. The van der Waals surface area contributed by atoms with Crippen LogP contribution in [-0.2, 0) is 16.0 Å². The van der Waals surface area contributed by atoms with Gasteiger partial charge < -0.3 is 19.7 Å². The predicted octanol–water partition coefficient (Wildman–Crippen LogP) is 1.95. The molecule has 1 aromatic rings. The number of ether oxygens (including phenoxy) is 2. The summed E-state index contributed by atoms with van der Waals surface area (Å²) in [5, 5.41) is 2.92. The van der Waals surface area contributed by atoms with Gasteiger partial charge in [0.15, 0.2) is 0 Å². The van der Waals surface area contributed by atoms with E-state index in [2.05, 4.69) is 10.3 Å². The van der Waals surface area contributed by atoms with Gasteiger partial charge >= 0.3 is 6.03 Å². The Balaban J connectivity index is 1.34. The quantitative estimate of drug-likeness (QED) is 0.901. The molecular weight excluding hydrogens is 294 g/mol. The van der Waals surface area contributed by atoms with Gasteiger partial charge in [0.1, 0.15) is 0 Å². The maximum atomic E-state index is 12.2. The SMILES string of the molecule is O=C(NCc1ccccn1)N1CCC(OCC2CCCO2)CC1. The molecule has 2 fully saturated rings. The van der Waals surface area contributed by atoms with Crippen LogP contribution in [0.3, 0.4) is 0 Å². The molecule has 2 saturated heterocycles. The van der Waals surface area contributed by atoms with E-state index in [9.17, 15) is 4.79 Å². The van der Waals surface area contributed by atoms with Crippen molar-refractivity contribution in [2.24, 2.45) is 0 Å². The molecule has 3 heterocycles. The van der Waals surface area contributed by atoms with Gasteiger partial charge in [-0.05, 0) is 37.8 Å². The molecule has 2 aliphatic rings. The standard InChI is InChI=1S/C17H25N3O3/c21-17(19-12-14-4-1-2-8-18-14)20-9-6-15(7-10-20)23-13-16-5-3-11-22-16/h1-2,4,8,15-16H,3,5-7,9-13H2,(H,19,21). The minimum Gasteiger partial charge on any atom is -0.376 e. The Kier molecular flexibility index (Phi) is 5.82. The highest BCUT2D eigenvalue weighted by molar-refractivity contribution is 5.74. The highest BCUT2D eigenvalue weighted by atomic mass is 16.5. The summed E-state index contributed by atoms with van der Waals surface area (Å²) in [5.41, 5.74) is 0.871. The molecule has 0 bridgehead atoms. The lowest BCUT2D eigenvalue weighted by molar-refractivity contribution is -0.0381. The molecule has 3 rings (SSSR count). The Labute approximate surface area is 137 Å². The van der Waals surface area contributed by atoms with Crippen LogP contribution in [0.1, 0.15) is 31.4 Å². The van der Waals surface area contributed by atoms with Crippen LogP contribution < -0.4 is 5.32 Å². The molecule has 126 valence electrons. The van der Waals surface area contributed by atoms with Crippen LogP contribution in [0.4, 0.5) is 4.79 Å². The van der Waals surface area contributed by atoms with Crippen molar-refractivity contribution < 1.29 is 14.3 Å². The van der Waals surface area contributed by atoms with Crippen LogP contribution in [0.25, 0.3) is 0 Å². The average Bonchev–Trinajstić information content (AvgIpc) is 3.13. The third-order valence-corrected chi connectivity index (χ3v) is 4.42. The van der Waals surface area contributed by atoms with Gasteiger partial charge in [0.2, 0.25) is 0 Å². The second-order valence-corrected chi connectivity index (χ2v) is 6.13. The normalized spacial score (nSPS) is 22.3. The van der Waals surface area contributed by atoms with Crippen LogP contribution in [0.15, 0.2) is 24.4 Å². The number of likely N-dealkylation sites (tertiary alicyclic amines) is 1. The average molecular weight is 319 g/mol. The van der Waals surface area contributed by atoms with Crippen molar-refractivity contribution in [3.05, 3.63) is 30.1 Å². The number of nitrogens with one attached hydrogen (secondary N) is 1. The monoisotopic (exact) mass is 319 g/mol. The number of urea groups is 1. The maximum Gasteiger partial charge on any atom is 0.317 e. The van der Waals surface area contributed by atoms with Crippen molar-refractivity contribution in [2.45, 2.75) is 44.4 Å². The molecule has 0 spiro atoms. The Hall–Kier alpha value is -1.66. The van der Waals surface area contributed by atoms with Crippen molar-refractivity contribution in [2.75, 3.05) is 26.3 Å². The minimum atomic E-state index is -0.0202. The molecule has 0 aliphatic carbocycles. The summed E-state index contributed by atoms with van der Waals surface area (Å²) in [5.74, 6) is 0. The van der Waals surface area contributed by atoms with E-state index in [1.807, 2.05) is 23.1 Å². The number of pyridine rings is 1. The molecule has 1 N–H and O–H groups in total. The van der Waals surface area contributed by atoms with E-state index in [0.29, 0.717) is 13.2 Å². The third kappa shape index (κ3) is 4.91. The van der Waals surface area contributed by atoms with Crippen LogP contribution >= 0.6 is 0 Å². The van der Waals surface area contributed by atoms with E-state index in [0.717, 1.165) is 51.1 Å². The lowest BCUT2D eigenvalue weighted by Crippen LogP contribution is -2.46. The Bertz CT molecular complexity index is 483. The zero-order chi connectivity index (χ0) is 15.9. The minimum absolute atomic E-state index is 0.0202. The van der Waals surface area contributed by atoms with Gasteiger partial charge in [-0.25, -0.2) is 4.79 Å². The van der Waals surface area contributed by atoms with Gasteiger partial charge in [0.05, 0.1) is 31.1 Å². The Morgan fingerprint density at radius 2 is 2.22 bits per heavy atom. The zero-order valence-electron chi connectivity index (χ0n) is 13.4.